The Balaban J connectivity index is 1.85. The van der Waals surface area contributed by atoms with Crippen molar-refractivity contribution in [2.75, 3.05) is 6.61 Å². The molecule has 0 aliphatic carbocycles. The zero-order valence-electron chi connectivity index (χ0n) is 13.9. The van der Waals surface area contributed by atoms with Gasteiger partial charge in [0, 0.05) is 34.5 Å². The lowest BCUT2D eigenvalue weighted by molar-refractivity contribution is 0.209. The number of hydrogen-bond acceptors (Lipinski definition) is 4. The van der Waals surface area contributed by atoms with Crippen LogP contribution in [0.3, 0.4) is 0 Å². The highest BCUT2D eigenvalue weighted by Gasteiger charge is 2.36. The Morgan fingerprint density at radius 1 is 1.22 bits per heavy atom. The summed E-state index contributed by atoms with van der Waals surface area (Å²) < 4.78 is 21.1. The molecule has 0 fully saturated rings. The van der Waals surface area contributed by atoms with Crippen molar-refractivity contribution in [2.24, 2.45) is 0 Å². The number of pyridine rings is 1. The molecule has 2 atom stereocenters. The van der Waals surface area contributed by atoms with E-state index in [1.807, 2.05) is 6.07 Å². The smallest absolute Gasteiger partial charge is 0.139 e. The van der Waals surface area contributed by atoms with Crippen molar-refractivity contribution in [2.45, 2.75) is 12.0 Å². The summed E-state index contributed by atoms with van der Waals surface area (Å²) in [6, 6.07) is 11.7. The van der Waals surface area contributed by atoms with Crippen LogP contribution in [0.25, 0.3) is 5.76 Å². The molecule has 7 heteroatoms. The number of hydrogen-bond donors (Lipinski definition) is 1. The van der Waals surface area contributed by atoms with Crippen molar-refractivity contribution in [3.05, 3.63) is 91.6 Å². The maximum atomic E-state index is 14.6. The molecular weight excluding hydrogens is 408 g/mol. The van der Waals surface area contributed by atoms with Gasteiger partial charge in [0.05, 0.1) is 15.8 Å². The Kier molecular flexibility index (Phi) is 5.19. The third kappa shape index (κ3) is 3.60. The van der Waals surface area contributed by atoms with Crippen LogP contribution in [0.1, 0.15) is 28.0 Å². The Labute approximate surface area is 169 Å². The van der Waals surface area contributed by atoms with Gasteiger partial charge in [0.1, 0.15) is 17.7 Å². The minimum absolute atomic E-state index is 0.218. The molecule has 1 aliphatic heterocycles. The van der Waals surface area contributed by atoms with E-state index in [1.54, 1.807) is 42.7 Å². The van der Waals surface area contributed by atoms with Crippen LogP contribution in [-0.2, 0) is 4.74 Å². The normalized spacial score (nSPS) is 17.9. The lowest BCUT2D eigenvalue weighted by Gasteiger charge is -2.19. The first-order valence-electron chi connectivity index (χ1n) is 8.20. The number of rotatable bonds is 4. The molecule has 4 rings (SSSR count). The summed E-state index contributed by atoms with van der Waals surface area (Å²) in [6.45, 7) is 0.218. The average Bonchev–Trinajstić information content (AvgIpc) is 3.28. The summed E-state index contributed by atoms with van der Waals surface area (Å²) in [4.78, 5) is 4.86. The molecule has 1 N–H and O–H groups in total. The third-order valence-corrected chi connectivity index (χ3v) is 5.93. The highest BCUT2D eigenvalue weighted by molar-refractivity contribution is 7.17. The van der Waals surface area contributed by atoms with E-state index in [-0.39, 0.29) is 6.61 Å². The number of benzene rings is 1. The highest BCUT2D eigenvalue weighted by atomic mass is 35.5. The van der Waals surface area contributed by atoms with Gasteiger partial charge in [0.25, 0.3) is 0 Å². The van der Waals surface area contributed by atoms with Crippen LogP contribution in [0.2, 0.25) is 9.36 Å². The number of aromatic nitrogens is 1. The molecule has 0 saturated carbocycles. The molecular formula is C20H14Cl2FNO2S. The molecule has 0 radical (unpaired) electrons. The number of aliphatic hydroxyl groups excluding tert-OH is 1. The summed E-state index contributed by atoms with van der Waals surface area (Å²) in [7, 11) is 0. The molecule has 27 heavy (non-hydrogen) atoms. The van der Waals surface area contributed by atoms with E-state index in [2.05, 4.69) is 4.98 Å². The summed E-state index contributed by atoms with van der Waals surface area (Å²) in [5, 5.41) is 11.4. The van der Waals surface area contributed by atoms with Gasteiger partial charge in [-0.2, -0.15) is 0 Å². The Bertz CT molecular complexity index is 1010. The van der Waals surface area contributed by atoms with Gasteiger partial charge in [-0.25, -0.2) is 4.39 Å². The summed E-state index contributed by atoms with van der Waals surface area (Å²) in [6.07, 6.45) is 2.23. The predicted molar refractivity (Wildman–Crippen MR) is 106 cm³/mol. The zero-order valence-corrected chi connectivity index (χ0v) is 16.2. The van der Waals surface area contributed by atoms with E-state index in [4.69, 9.17) is 27.9 Å². The number of aliphatic hydroxyl groups is 1. The average molecular weight is 422 g/mol. The van der Waals surface area contributed by atoms with Gasteiger partial charge >= 0.3 is 0 Å². The van der Waals surface area contributed by atoms with Crippen molar-refractivity contribution < 1.29 is 14.2 Å². The molecule has 0 amide bonds. The minimum atomic E-state index is -0.989. The first kappa shape index (κ1) is 18.4. The molecule has 1 aliphatic rings. The third-order valence-electron chi connectivity index (χ3n) is 4.46. The SMILES string of the molecule is OC(C1=C(c2ccc(Cl)s2)OCC1c1ccc(Cl)cc1F)c1cccnc1. The molecule has 0 bridgehead atoms. The Hall–Kier alpha value is -1.92. The summed E-state index contributed by atoms with van der Waals surface area (Å²) in [5.41, 5.74) is 1.62. The van der Waals surface area contributed by atoms with Crippen LogP contribution in [0.5, 0.6) is 0 Å². The molecule has 3 heterocycles. The Morgan fingerprint density at radius 3 is 2.74 bits per heavy atom. The quantitative estimate of drug-likeness (QED) is 0.574. The van der Waals surface area contributed by atoms with E-state index in [1.165, 1.54) is 17.4 Å². The monoisotopic (exact) mass is 421 g/mol. The standard InChI is InChI=1S/C20H14Cl2FNO2S/c21-12-3-4-13(15(23)8-12)14-10-26-20(16-5-6-17(22)27-16)18(14)19(25)11-2-1-7-24-9-11/h1-9,14,19,25H,10H2. The predicted octanol–water partition coefficient (Wildman–Crippen LogP) is 5.85. The van der Waals surface area contributed by atoms with Crippen molar-refractivity contribution in [3.63, 3.8) is 0 Å². The largest absolute Gasteiger partial charge is 0.491 e. The van der Waals surface area contributed by atoms with Gasteiger partial charge in [-0.3, -0.25) is 4.98 Å². The van der Waals surface area contributed by atoms with Crippen LogP contribution < -0.4 is 0 Å². The van der Waals surface area contributed by atoms with E-state index in [9.17, 15) is 9.50 Å². The zero-order chi connectivity index (χ0) is 19.0. The molecule has 138 valence electrons. The first-order valence-corrected chi connectivity index (χ1v) is 9.77. The number of halogens is 3. The fourth-order valence-corrected chi connectivity index (χ4v) is 4.44. The molecule has 3 aromatic rings. The van der Waals surface area contributed by atoms with Gasteiger partial charge in [-0.1, -0.05) is 35.3 Å². The van der Waals surface area contributed by atoms with Crippen LogP contribution >= 0.6 is 34.5 Å². The van der Waals surface area contributed by atoms with Gasteiger partial charge < -0.3 is 9.84 Å². The fourth-order valence-electron chi connectivity index (χ4n) is 3.22. The number of nitrogens with zero attached hydrogens (tertiary/aromatic N) is 1. The highest BCUT2D eigenvalue weighted by Crippen LogP contribution is 2.47. The van der Waals surface area contributed by atoms with Crippen LogP contribution in [0, 0.1) is 5.82 Å². The number of thiophene rings is 1. The van der Waals surface area contributed by atoms with Crippen molar-refractivity contribution >= 4 is 40.3 Å². The van der Waals surface area contributed by atoms with Crippen molar-refractivity contribution in [3.8, 4) is 0 Å². The van der Waals surface area contributed by atoms with Crippen LogP contribution in [0.4, 0.5) is 4.39 Å². The first-order chi connectivity index (χ1) is 13.0. The second-order valence-electron chi connectivity index (χ2n) is 6.11. The molecule has 0 spiro atoms. The lowest BCUT2D eigenvalue weighted by Crippen LogP contribution is -2.12. The second kappa shape index (κ2) is 7.60. The minimum Gasteiger partial charge on any atom is -0.491 e. The topological polar surface area (TPSA) is 42.4 Å². The summed E-state index contributed by atoms with van der Waals surface area (Å²) >= 11 is 13.3. The second-order valence-corrected chi connectivity index (χ2v) is 8.26. The van der Waals surface area contributed by atoms with E-state index in [0.717, 1.165) is 4.88 Å². The molecule has 2 unspecified atom stereocenters. The van der Waals surface area contributed by atoms with Gasteiger partial charge in [0.15, 0.2) is 0 Å². The van der Waals surface area contributed by atoms with Crippen LogP contribution in [-0.4, -0.2) is 16.7 Å². The van der Waals surface area contributed by atoms with E-state index < -0.39 is 17.8 Å². The van der Waals surface area contributed by atoms with Gasteiger partial charge in [0.2, 0.25) is 0 Å². The molecule has 0 saturated heterocycles. The lowest BCUT2D eigenvalue weighted by atomic mass is 9.86. The Morgan fingerprint density at radius 2 is 2.07 bits per heavy atom. The molecule has 3 nitrogen and oxygen atoms in total. The fraction of sp³-hybridized carbons (Fsp3) is 0.150. The van der Waals surface area contributed by atoms with E-state index >= 15 is 0 Å². The van der Waals surface area contributed by atoms with Crippen molar-refractivity contribution in [1.82, 2.24) is 4.98 Å². The van der Waals surface area contributed by atoms with Crippen LogP contribution in [0.15, 0.2) is 60.4 Å². The molecule has 1 aromatic carbocycles. The maximum Gasteiger partial charge on any atom is 0.139 e. The number of ether oxygens (including phenoxy) is 1. The van der Waals surface area contributed by atoms with Gasteiger partial charge in [-0.15, -0.1) is 11.3 Å². The van der Waals surface area contributed by atoms with Crippen molar-refractivity contribution in [1.29, 1.82) is 0 Å². The molecule has 2 aromatic heterocycles. The summed E-state index contributed by atoms with van der Waals surface area (Å²) in [5.74, 6) is -0.353. The maximum absolute atomic E-state index is 14.6. The van der Waals surface area contributed by atoms with E-state index in [0.29, 0.717) is 31.8 Å². The van der Waals surface area contributed by atoms with Gasteiger partial charge in [-0.05, 0) is 35.9 Å².